The lowest BCUT2D eigenvalue weighted by Crippen LogP contribution is -2.25. The van der Waals surface area contributed by atoms with Crippen LogP contribution in [0.3, 0.4) is 0 Å². The second-order valence-corrected chi connectivity index (χ2v) is 10.7. The minimum absolute atomic E-state index is 0.0278. The van der Waals surface area contributed by atoms with Gasteiger partial charge in [0.05, 0.1) is 24.4 Å². The van der Waals surface area contributed by atoms with Crippen LogP contribution in [0.5, 0.6) is 5.75 Å². The average Bonchev–Trinajstić information content (AvgIpc) is 2.91. The van der Waals surface area contributed by atoms with Gasteiger partial charge in [0.1, 0.15) is 18.9 Å². The van der Waals surface area contributed by atoms with Gasteiger partial charge in [0.25, 0.3) is 5.91 Å². The van der Waals surface area contributed by atoms with Gasteiger partial charge in [0.15, 0.2) is 5.43 Å². The first-order valence-corrected chi connectivity index (χ1v) is 13.6. The maximum absolute atomic E-state index is 12.9. The van der Waals surface area contributed by atoms with E-state index in [0.29, 0.717) is 28.4 Å². The molecule has 1 aromatic heterocycles. The van der Waals surface area contributed by atoms with Crippen molar-refractivity contribution in [3.63, 3.8) is 0 Å². The van der Waals surface area contributed by atoms with Gasteiger partial charge in [0.2, 0.25) is 0 Å². The fourth-order valence-electron chi connectivity index (χ4n) is 4.13. The maximum Gasteiger partial charge on any atom is 0.260 e. The van der Waals surface area contributed by atoms with Crippen LogP contribution in [0.2, 0.25) is 0 Å². The van der Waals surface area contributed by atoms with E-state index in [9.17, 15) is 9.59 Å². The van der Waals surface area contributed by atoms with E-state index in [1.54, 1.807) is 18.3 Å². The molecule has 1 heterocycles. The molecule has 37 heavy (non-hydrogen) atoms. The average molecular weight is 713 g/mol. The van der Waals surface area contributed by atoms with Crippen molar-refractivity contribution >= 4 is 79.1 Å². The number of rotatable bonds is 7. The highest BCUT2D eigenvalue weighted by molar-refractivity contribution is 14.1. The quantitative estimate of drug-likeness (QED) is 0.0961. The highest BCUT2D eigenvalue weighted by Gasteiger charge is 2.13. The molecule has 0 aliphatic carbocycles. The van der Waals surface area contributed by atoms with Crippen LogP contribution in [-0.2, 0) is 17.9 Å². The van der Waals surface area contributed by atoms with Crippen LogP contribution in [-0.4, -0.2) is 16.7 Å². The molecule has 0 unspecified atom stereocenters. The summed E-state index contributed by atoms with van der Waals surface area (Å²) in [7, 11) is 0. The molecular weight excluding hydrogens is 692 g/mol. The number of carbonyl (C=O) groups excluding carboxylic acids is 1. The van der Waals surface area contributed by atoms with Gasteiger partial charge in [-0.1, -0.05) is 54.6 Å². The molecule has 0 fully saturated rings. The Morgan fingerprint density at radius 3 is 2.05 bits per heavy atom. The molecule has 1 amide bonds. The number of hydrogen-bond donors (Lipinski definition) is 1. The largest absolute Gasteiger partial charge is 0.487 e. The van der Waals surface area contributed by atoms with Gasteiger partial charge in [-0.3, -0.25) is 9.59 Å². The fraction of sp³-hybridized carbons (Fsp3) is 0.0690. The van der Waals surface area contributed by atoms with Crippen LogP contribution < -0.4 is 15.6 Å². The van der Waals surface area contributed by atoms with E-state index in [4.69, 9.17) is 4.74 Å². The van der Waals surface area contributed by atoms with Crippen molar-refractivity contribution in [1.29, 1.82) is 0 Å². The van der Waals surface area contributed by atoms with Crippen LogP contribution in [0, 0.1) is 7.14 Å². The molecule has 5 rings (SSSR count). The third-order valence-electron chi connectivity index (χ3n) is 5.83. The van der Waals surface area contributed by atoms with Crippen LogP contribution in [0.25, 0.3) is 21.8 Å². The van der Waals surface area contributed by atoms with Gasteiger partial charge < -0.3 is 9.30 Å². The summed E-state index contributed by atoms with van der Waals surface area (Å²) in [6.07, 6.45) is 1.62. The second-order valence-electron chi connectivity index (χ2n) is 8.33. The van der Waals surface area contributed by atoms with E-state index in [2.05, 4.69) is 55.7 Å². The zero-order valence-corrected chi connectivity index (χ0v) is 23.8. The third-order valence-corrected chi connectivity index (χ3v) is 7.43. The molecule has 0 radical (unpaired) electrons. The first-order valence-electron chi connectivity index (χ1n) is 11.5. The first kappa shape index (κ1) is 25.4. The number of amides is 1. The van der Waals surface area contributed by atoms with E-state index in [1.807, 2.05) is 83.4 Å². The number of nitrogens with one attached hydrogen (secondary N) is 1. The second kappa shape index (κ2) is 11.4. The topological polar surface area (TPSA) is 72.7 Å². The van der Waals surface area contributed by atoms with Gasteiger partial charge in [0, 0.05) is 10.8 Å². The van der Waals surface area contributed by atoms with E-state index in [0.717, 1.165) is 24.0 Å². The van der Waals surface area contributed by atoms with Gasteiger partial charge in [-0.25, -0.2) is 5.43 Å². The highest BCUT2D eigenvalue weighted by atomic mass is 127. The smallest absolute Gasteiger partial charge is 0.260 e. The number of hydrazone groups is 1. The Bertz CT molecular complexity index is 1620. The molecule has 0 saturated heterocycles. The highest BCUT2D eigenvalue weighted by Crippen LogP contribution is 2.29. The minimum atomic E-state index is -0.289. The summed E-state index contributed by atoms with van der Waals surface area (Å²) in [4.78, 5) is 25.7. The number of carbonyl (C=O) groups is 1. The predicted molar refractivity (Wildman–Crippen MR) is 164 cm³/mol. The summed E-state index contributed by atoms with van der Waals surface area (Å²) in [5, 5.41) is 5.33. The molecule has 0 bridgehead atoms. The summed E-state index contributed by atoms with van der Waals surface area (Å²) in [5.41, 5.74) is 5.95. The number of pyridine rings is 1. The van der Waals surface area contributed by atoms with Crippen LogP contribution in [0.4, 0.5) is 0 Å². The number of hydrogen-bond acceptors (Lipinski definition) is 4. The summed E-state index contributed by atoms with van der Waals surface area (Å²) in [6.45, 7) is 0.519. The molecule has 184 valence electrons. The molecule has 4 aromatic carbocycles. The lowest BCUT2D eigenvalue weighted by atomic mass is 10.1. The molecule has 0 saturated carbocycles. The Labute approximate surface area is 240 Å². The minimum Gasteiger partial charge on any atom is -0.487 e. The number of nitrogens with zero attached hydrogens (tertiary/aromatic N) is 2. The Hall–Kier alpha value is -3.25. The maximum atomic E-state index is 12.9. The standard InChI is InChI=1S/C29H21I2N3O3/c30-23-14-20(15-24(31)29(23)37-18-19-8-2-1-3-9-19)16-32-33-27(35)17-34-25-12-6-4-10-21(25)28(36)22-11-5-7-13-26(22)34/h1-16H,17-18H2,(H,33,35)/b32-16-. The van der Waals surface area contributed by atoms with Crippen LogP contribution in [0.1, 0.15) is 11.1 Å². The molecule has 1 N–H and O–H groups in total. The number of benzene rings is 4. The fourth-order valence-corrected chi connectivity index (χ4v) is 6.25. The van der Waals surface area contributed by atoms with Crippen LogP contribution in [0.15, 0.2) is 101 Å². The Morgan fingerprint density at radius 1 is 0.865 bits per heavy atom. The Morgan fingerprint density at radius 2 is 1.43 bits per heavy atom. The van der Waals surface area contributed by atoms with Crippen molar-refractivity contribution in [2.45, 2.75) is 13.2 Å². The number of halogens is 2. The van der Waals surface area contributed by atoms with E-state index in [-0.39, 0.29) is 17.9 Å². The first-order chi connectivity index (χ1) is 18.0. The van der Waals surface area contributed by atoms with Gasteiger partial charge in [-0.05, 0) is 92.7 Å². The SMILES string of the molecule is O=C(Cn1c2ccccc2c(=O)c2ccccc21)N/N=C\c1cc(I)c(OCc2ccccc2)c(I)c1. The monoisotopic (exact) mass is 713 g/mol. The van der Waals surface area contributed by atoms with Crippen molar-refractivity contribution in [3.05, 3.63) is 119 Å². The third kappa shape index (κ3) is 5.69. The molecule has 8 heteroatoms. The van der Waals surface area contributed by atoms with Crippen molar-refractivity contribution in [2.24, 2.45) is 5.10 Å². The van der Waals surface area contributed by atoms with Crippen LogP contribution >= 0.6 is 45.2 Å². The predicted octanol–water partition coefficient (Wildman–Crippen LogP) is 6.09. The van der Waals surface area contributed by atoms with Crippen molar-refractivity contribution < 1.29 is 9.53 Å². The molecular formula is C29H21I2N3O3. The number of para-hydroxylation sites is 2. The van der Waals surface area contributed by atoms with E-state index in [1.165, 1.54) is 0 Å². The zero-order valence-electron chi connectivity index (χ0n) is 19.5. The van der Waals surface area contributed by atoms with Crippen molar-refractivity contribution in [1.82, 2.24) is 9.99 Å². The van der Waals surface area contributed by atoms with E-state index >= 15 is 0 Å². The molecule has 5 aromatic rings. The van der Waals surface area contributed by atoms with Gasteiger partial charge in [-0.15, -0.1) is 0 Å². The number of fused-ring (bicyclic) bond motifs is 2. The summed E-state index contributed by atoms with van der Waals surface area (Å²) < 4.78 is 9.81. The van der Waals surface area contributed by atoms with Gasteiger partial charge in [-0.2, -0.15) is 5.10 Å². The summed E-state index contributed by atoms with van der Waals surface area (Å²) in [5.74, 6) is 0.533. The van der Waals surface area contributed by atoms with Crippen molar-refractivity contribution in [2.75, 3.05) is 0 Å². The lowest BCUT2D eigenvalue weighted by Gasteiger charge is -2.14. The molecule has 0 aliphatic rings. The zero-order chi connectivity index (χ0) is 25.8. The summed E-state index contributed by atoms with van der Waals surface area (Å²) >= 11 is 4.49. The normalized spacial score (nSPS) is 11.3. The van der Waals surface area contributed by atoms with Crippen molar-refractivity contribution in [3.8, 4) is 5.75 Å². The molecule has 0 atom stereocenters. The Kier molecular flexibility index (Phi) is 7.85. The molecule has 0 spiro atoms. The van der Waals surface area contributed by atoms with E-state index < -0.39 is 0 Å². The molecule has 6 nitrogen and oxygen atoms in total. The number of ether oxygens (including phenoxy) is 1. The number of aromatic nitrogens is 1. The molecule has 0 aliphatic heterocycles. The lowest BCUT2D eigenvalue weighted by molar-refractivity contribution is -0.121. The van der Waals surface area contributed by atoms with Gasteiger partial charge >= 0.3 is 0 Å². The summed E-state index contributed by atoms with van der Waals surface area (Å²) in [6, 6.07) is 28.6. The Balaban J connectivity index is 1.31.